The highest BCUT2D eigenvalue weighted by Crippen LogP contribution is 2.22. The van der Waals surface area contributed by atoms with Gasteiger partial charge in [0.2, 0.25) is 0 Å². The summed E-state index contributed by atoms with van der Waals surface area (Å²) in [5.74, 6) is 0.741. The number of nitriles is 1. The van der Waals surface area contributed by atoms with E-state index >= 15 is 0 Å². The van der Waals surface area contributed by atoms with Crippen molar-refractivity contribution < 1.29 is 4.74 Å². The first-order valence-corrected chi connectivity index (χ1v) is 4.90. The minimum atomic E-state index is 0.331. The van der Waals surface area contributed by atoms with Crippen molar-refractivity contribution in [2.45, 2.75) is 6.42 Å². The molecular formula is C12H11N3O. The van der Waals surface area contributed by atoms with E-state index < -0.39 is 0 Å². The summed E-state index contributed by atoms with van der Waals surface area (Å²) in [5, 5.41) is 12.9. The van der Waals surface area contributed by atoms with Crippen molar-refractivity contribution >= 4 is 0 Å². The van der Waals surface area contributed by atoms with Crippen LogP contribution in [0.25, 0.3) is 5.69 Å². The minimum Gasteiger partial charge on any atom is -0.494 e. The first kappa shape index (κ1) is 10.2. The molecule has 0 unspecified atom stereocenters. The molecule has 0 aliphatic heterocycles. The molecule has 1 heterocycles. The Kier molecular flexibility index (Phi) is 2.88. The van der Waals surface area contributed by atoms with Crippen LogP contribution in [0.1, 0.15) is 5.69 Å². The van der Waals surface area contributed by atoms with E-state index in [1.54, 1.807) is 18.0 Å². The van der Waals surface area contributed by atoms with Crippen molar-refractivity contribution in [3.63, 3.8) is 0 Å². The standard InChI is InChI=1S/C12H11N3O/c1-16-12-5-3-2-4-11(12)15-10(6-8-13)7-9-14-15/h2-5,7,9H,6H2,1H3. The van der Waals surface area contributed by atoms with E-state index in [1.165, 1.54) is 0 Å². The number of para-hydroxylation sites is 2. The number of aromatic nitrogens is 2. The minimum absolute atomic E-state index is 0.331. The van der Waals surface area contributed by atoms with E-state index in [9.17, 15) is 0 Å². The van der Waals surface area contributed by atoms with Crippen LogP contribution in [0, 0.1) is 11.3 Å². The van der Waals surface area contributed by atoms with E-state index in [-0.39, 0.29) is 0 Å². The maximum Gasteiger partial charge on any atom is 0.144 e. The van der Waals surface area contributed by atoms with Gasteiger partial charge < -0.3 is 4.74 Å². The Labute approximate surface area is 93.7 Å². The van der Waals surface area contributed by atoms with Crippen LogP contribution in [0.3, 0.4) is 0 Å². The zero-order valence-electron chi connectivity index (χ0n) is 8.92. The number of hydrogen-bond donors (Lipinski definition) is 0. The van der Waals surface area contributed by atoms with Gasteiger partial charge in [0.15, 0.2) is 0 Å². The SMILES string of the molecule is COc1ccccc1-n1nccc1CC#N. The molecule has 1 aromatic heterocycles. The molecule has 2 aromatic rings. The largest absolute Gasteiger partial charge is 0.494 e. The predicted molar refractivity (Wildman–Crippen MR) is 59.4 cm³/mol. The Morgan fingerprint density at radius 3 is 2.94 bits per heavy atom. The second-order valence-electron chi connectivity index (χ2n) is 3.24. The molecule has 0 amide bonds. The van der Waals surface area contributed by atoms with Gasteiger partial charge in [0, 0.05) is 6.20 Å². The zero-order valence-corrected chi connectivity index (χ0v) is 8.92. The summed E-state index contributed by atoms with van der Waals surface area (Å²) in [4.78, 5) is 0. The number of rotatable bonds is 3. The van der Waals surface area contributed by atoms with E-state index in [2.05, 4.69) is 11.2 Å². The molecule has 80 valence electrons. The average molecular weight is 213 g/mol. The zero-order chi connectivity index (χ0) is 11.4. The lowest BCUT2D eigenvalue weighted by atomic mass is 10.2. The monoisotopic (exact) mass is 213 g/mol. The normalized spacial score (nSPS) is 9.75. The molecular weight excluding hydrogens is 202 g/mol. The molecule has 0 aliphatic rings. The molecule has 0 saturated heterocycles. The lowest BCUT2D eigenvalue weighted by molar-refractivity contribution is 0.411. The van der Waals surface area contributed by atoms with Crippen LogP contribution in [0.15, 0.2) is 36.5 Å². The molecule has 4 heteroatoms. The van der Waals surface area contributed by atoms with Crippen molar-refractivity contribution in [1.82, 2.24) is 9.78 Å². The number of nitrogens with zero attached hydrogens (tertiary/aromatic N) is 3. The van der Waals surface area contributed by atoms with Gasteiger partial charge in [0.05, 0.1) is 25.3 Å². The van der Waals surface area contributed by atoms with Crippen molar-refractivity contribution in [3.05, 3.63) is 42.2 Å². The second kappa shape index (κ2) is 4.49. The summed E-state index contributed by atoms with van der Waals surface area (Å²) < 4.78 is 6.98. The lowest BCUT2D eigenvalue weighted by Gasteiger charge is -2.09. The van der Waals surface area contributed by atoms with Crippen LogP contribution in [-0.2, 0) is 6.42 Å². The first-order valence-electron chi connectivity index (χ1n) is 4.90. The van der Waals surface area contributed by atoms with Gasteiger partial charge in [0.25, 0.3) is 0 Å². The number of methoxy groups -OCH3 is 1. The highest BCUT2D eigenvalue weighted by Gasteiger charge is 2.08. The van der Waals surface area contributed by atoms with E-state index in [0.717, 1.165) is 17.1 Å². The molecule has 2 rings (SSSR count). The predicted octanol–water partition coefficient (Wildman–Crippen LogP) is 1.95. The number of ether oxygens (including phenoxy) is 1. The first-order chi connectivity index (χ1) is 7.86. The van der Waals surface area contributed by atoms with Crippen LogP contribution >= 0.6 is 0 Å². The van der Waals surface area contributed by atoms with Gasteiger partial charge in [0.1, 0.15) is 11.4 Å². The van der Waals surface area contributed by atoms with Gasteiger partial charge in [-0.3, -0.25) is 0 Å². The molecule has 1 aromatic carbocycles. The lowest BCUT2D eigenvalue weighted by Crippen LogP contribution is -2.03. The quantitative estimate of drug-likeness (QED) is 0.783. The van der Waals surface area contributed by atoms with Gasteiger partial charge in [-0.15, -0.1) is 0 Å². The molecule has 0 radical (unpaired) electrons. The van der Waals surface area contributed by atoms with Crippen LogP contribution in [0.4, 0.5) is 0 Å². The van der Waals surface area contributed by atoms with Crippen LogP contribution in [0.5, 0.6) is 5.75 Å². The Balaban J connectivity index is 2.50. The molecule has 0 fully saturated rings. The van der Waals surface area contributed by atoms with Gasteiger partial charge in [-0.2, -0.15) is 10.4 Å². The molecule has 0 aliphatic carbocycles. The summed E-state index contributed by atoms with van der Waals surface area (Å²) in [7, 11) is 1.62. The van der Waals surface area contributed by atoms with Crippen LogP contribution in [-0.4, -0.2) is 16.9 Å². The van der Waals surface area contributed by atoms with Crippen molar-refractivity contribution in [1.29, 1.82) is 5.26 Å². The number of hydrogen-bond acceptors (Lipinski definition) is 3. The Hall–Kier alpha value is -2.28. The van der Waals surface area contributed by atoms with Gasteiger partial charge in [-0.1, -0.05) is 12.1 Å². The Morgan fingerprint density at radius 1 is 1.38 bits per heavy atom. The third kappa shape index (κ3) is 1.75. The highest BCUT2D eigenvalue weighted by atomic mass is 16.5. The fourth-order valence-corrected chi connectivity index (χ4v) is 1.57. The summed E-state index contributed by atoms with van der Waals surface area (Å²) in [6.07, 6.45) is 2.01. The van der Waals surface area contributed by atoms with Crippen molar-refractivity contribution in [2.24, 2.45) is 0 Å². The van der Waals surface area contributed by atoms with Crippen molar-refractivity contribution in [2.75, 3.05) is 7.11 Å². The molecule has 4 nitrogen and oxygen atoms in total. The maximum atomic E-state index is 8.71. The molecule has 0 N–H and O–H groups in total. The summed E-state index contributed by atoms with van der Waals surface area (Å²) in [6, 6.07) is 11.5. The topological polar surface area (TPSA) is 50.8 Å². The van der Waals surface area contributed by atoms with E-state index in [4.69, 9.17) is 10.00 Å². The van der Waals surface area contributed by atoms with Gasteiger partial charge >= 0.3 is 0 Å². The molecule has 0 spiro atoms. The molecule has 0 atom stereocenters. The fourth-order valence-electron chi connectivity index (χ4n) is 1.57. The summed E-state index contributed by atoms with van der Waals surface area (Å²) in [6.45, 7) is 0. The van der Waals surface area contributed by atoms with Gasteiger partial charge in [-0.25, -0.2) is 4.68 Å². The summed E-state index contributed by atoms with van der Waals surface area (Å²) in [5.41, 5.74) is 1.70. The van der Waals surface area contributed by atoms with Crippen molar-refractivity contribution in [3.8, 4) is 17.5 Å². The van der Waals surface area contributed by atoms with E-state index in [0.29, 0.717) is 6.42 Å². The molecule has 0 saturated carbocycles. The Morgan fingerprint density at radius 2 is 2.19 bits per heavy atom. The molecule has 16 heavy (non-hydrogen) atoms. The summed E-state index contributed by atoms with van der Waals surface area (Å²) >= 11 is 0. The Bertz CT molecular complexity index is 525. The third-order valence-electron chi connectivity index (χ3n) is 2.29. The third-order valence-corrected chi connectivity index (χ3v) is 2.29. The fraction of sp³-hybridized carbons (Fsp3) is 0.167. The number of benzene rings is 1. The smallest absolute Gasteiger partial charge is 0.144 e. The second-order valence-corrected chi connectivity index (χ2v) is 3.24. The van der Waals surface area contributed by atoms with Crippen LogP contribution < -0.4 is 4.74 Å². The highest BCUT2D eigenvalue weighted by molar-refractivity contribution is 5.46. The average Bonchev–Trinajstić information content (AvgIpc) is 2.77. The van der Waals surface area contributed by atoms with E-state index in [1.807, 2.05) is 30.3 Å². The van der Waals surface area contributed by atoms with Crippen LogP contribution in [0.2, 0.25) is 0 Å². The maximum absolute atomic E-state index is 8.71. The molecule has 0 bridgehead atoms. The van der Waals surface area contributed by atoms with Gasteiger partial charge in [-0.05, 0) is 18.2 Å².